The predicted octanol–water partition coefficient (Wildman–Crippen LogP) is 3.77. The highest BCUT2D eigenvalue weighted by atomic mass is 19.1. The van der Waals surface area contributed by atoms with E-state index in [0.29, 0.717) is 24.2 Å². The maximum Gasteiger partial charge on any atom is 0.247 e. The summed E-state index contributed by atoms with van der Waals surface area (Å²) in [5.41, 5.74) is 2.05. The number of carbonyl (C=O) groups excluding carboxylic acids is 2. The van der Waals surface area contributed by atoms with Gasteiger partial charge in [-0.05, 0) is 55.5 Å². The molecule has 1 aliphatic carbocycles. The number of ether oxygens (including phenoxy) is 1. The van der Waals surface area contributed by atoms with Gasteiger partial charge in [-0.2, -0.15) is 0 Å². The number of fused-ring (bicyclic) bond motifs is 1. The van der Waals surface area contributed by atoms with E-state index in [2.05, 4.69) is 15.6 Å². The predicted molar refractivity (Wildman–Crippen MR) is 132 cm³/mol. The van der Waals surface area contributed by atoms with E-state index >= 15 is 0 Å². The molecule has 0 unspecified atom stereocenters. The Hall–Kier alpha value is -3.33. The molecule has 2 atom stereocenters. The van der Waals surface area contributed by atoms with E-state index in [1.165, 1.54) is 12.1 Å². The van der Waals surface area contributed by atoms with Gasteiger partial charge in [-0.15, -0.1) is 5.10 Å². The standard InChI is InChI=1S/C27H32FN5O3/c28-20-14-12-19(13-15-20)26(27(35)29-17-22-9-6-16-36-22)33(21-7-2-1-3-8-21)25(34)18-32-24-11-5-4-10-23(24)30-31-32/h4-5,10-15,21-22,26H,1-3,6-9,16-18H2,(H,29,35)/t22-,26-/m1/s1. The lowest BCUT2D eigenvalue weighted by Crippen LogP contribution is -2.51. The van der Waals surface area contributed by atoms with Crippen molar-refractivity contribution < 1.29 is 18.7 Å². The highest BCUT2D eigenvalue weighted by Gasteiger charge is 2.37. The highest BCUT2D eigenvalue weighted by Crippen LogP contribution is 2.32. The minimum absolute atomic E-state index is 0.0248. The summed E-state index contributed by atoms with van der Waals surface area (Å²) in [5.74, 6) is -0.875. The van der Waals surface area contributed by atoms with Gasteiger partial charge < -0.3 is 15.0 Å². The largest absolute Gasteiger partial charge is 0.376 e. The average Bonchev–Trinajstić information content (AvgIpc) is 3.57. The van der Waals surface area contributed by atoms with Gasteiger partial charge in [0.1, 0.15) is 23.9 Å². The molecule has 2 aromatic carbocycles. The van der Waals surface area contributed by atoms with E-state index in [0.717, 1.165) is 50.5 Å². The summed E-state index contributed by atoms with van der Waals surface area (Å²) in [7, 11) is 0. The van der Waals surface area contributed by atoms with Gasteiger partial charge in [0.05, 0.1) is 11.6 Å². The fourth-order valence-corrected chi connectivity index (χ4v) is 5.36. The van der Waals surface area contributed by atoms with Gasteiger partial charge in [-0.25, -0.2) is 9.07 Å². The van der Waals surface area contributed by atoms with Crippen LogP contribution in [0.2, 0.25) is 0 Å². The zero-order valence-corrected chi connectivity index (χ0v) is 20.3. The molecule has 1 saturated carbocycles. The van der Waals surface area contributed by atoms with E-state index in [1.807, 2.05) is 24.3 Å². The third-order valence-electron chi connectivity index (χ3n) is 7.20. The molecule has 9 heteroatoms. The summed E-state index contributed by atoms with van der Waals surface area (Å²) in [4.78, 5) is 29.4. The molecular formula is C27H32FN5O3. The Morgan fingerprint density at radius 3 is 2.58 bits per heavy atom. The van der Waals surface area contributed by atoms with Gasteiger partial charge in [0.2, 0.25) is 11.8 Å². The lowest BCUT2D eigenvalue weighted by molar-refractivity contribution is -0.145. The zero-order chi connectivity index (χ0) is 24.9. The lowest BCUT2D eigenvalue weighted by Gasteiger charge is -2.39. The average molecular weight is 494 g/mol. The van der Waals surface area contributed by atoms with Gasteiger partial charge in [0.15, 0.2) is 0 Å². The van der Waals surface area contributed by atoms with Crippen molar-refractivity contribution in [2.24, 2.45) is 0 Å². The number of para-hydroxylation sites is 1. The minimum atomic E-state index is -0.877. The van der Waals surface area contributed by atoms with Crippen molar-refractivity contribution in [1.29, 1.82) is 0 Å². The first kappa shape index (κ1) is 24.4. The number of hydrogen-bond donors (Lipinski definition) is 1. The van der Waals surface area contributed by atoms with Crippen molar-refractivity contribution in [3.63, 3.8) is 0 Å². The van der Waals surface area contributed by atoms with Crippen LogP contribution in [0.3, 0.4) is 0 Å². The summed E-state index contributed by atoms with van der Waals surface area (Å²) in [6.07, 6.45) is 6.58. The van der Waals surface area contributed by atoms with Crippen LogP contribution in [-0.4, -0.2) is 57.0 Å². The van der Waals surface area contributed by atoms with Crippen LogP contribution in [-0.2, 0) is 20.9 Å². The van der Waals surface area contributed by atoms with Crippen LogP contribution in [0.4, 0.5) is 4.39 Å². The number of hydrogen-bond acceptors (Lipinski definition) is 5. The van der Waals surface area contributed by atoms with E-state index < -0.39 is 6.04 Å². The molecule has 190 valence electrons. The molecule has 1 aliphatic heterocycles. The fourth-order valence-electron chi connectivity index (χ4n) is 5.36. The van der Waals surface area contributed by atoms with Gasteiger partial charge >= 0.3 is 0 Å². The Morgan fingerprint density at radius 1 is 1.06 bits per heavy atom. The third-order valence-corrected chi connectivity index (χ3v) is 7.20. The normalized spacial score (nSPS) is 19.3. The molecule has 1 aromatic heterocycles. The van der Waals surface area contributed by atoms with Crippen LogP contribution >= 0.6 is 0 Å². The summed E-state index contributed by atoms with van der Waals surface area (Å²) in [6, 6.07) is 12.4. The molecule has 3 aromatic rings. The van der Waals surface area contributed by atoms with Gasteiger partial charge in [0, 0.05) is 19.2 Å². The topological polar surface area (TPSA) is 89.4 Å². The molecule has 1 N–H and O–H groups in total. The lowest BCUT2D eigenvalue weighted by atomic mass is 9.91. The minimum Gasteiger partial charge on any atom is -0.376 e. The van der Waals surface area contributed by atoms with Crippen molar-refractivity contribution in [2.75, 3.05) is 13.2 Å². The number of aromatic nitrogens is 3. The smallest absolute Gasteiger partial charge is 0.247 e. The Labute approximate surface area is 209 Å². The van der Waals surface area contributed by atoms with E-state index in [4.69, 9.17) is 4.74 Å². The highest BCUT2D eigenvalue weighted by molar-refractivity contribution is 5.89. The molecule has 0 bridgehead atoms. The number of nitrogens with zero attached hydrogens (tertiary/aromatic N) is 4. The van der Waals surface area contributed by atoms with Crippen molar-refractivity contribution in [3.8, 4) is 0 Å². The molecule has 0 radical (unpaired) electrons. The Kier molecular flexibility index (Phi) is 7.55. The molecule has 36 heavy (non-hydrogen) atoms. The van der Waals surface area contributed by atoms with Crippen molar-refractivity contribution in [1.82, 2.24) is 25.2 Å². The van der Waals surface area contributed by atoms with E-state index in [1.54, 1.807) is 21.7 Å². The molecule has 2 aliphatic rings. The summed E-state index contributed by atoms with van der Waals surface area (Å²) in [5, 5.41) is 11.4. The first-order valence-corrected chi connectivity index (χ1v) is 12.8. The fraction of sp³-hybridized carbons (Fsp3) is 0.481. The van der Waals surface area contributed by atoms with Gasteiger partial charge in [-0.3, -0.25) is 9.59 Å². The molecule has 0 spiro atoms. The number of halogens is 1. The third kappa shape index (κ3) is 5.41. The van der Waals surface area contributed by atoms with Crippen LogP contribution < -0.4 is 5.32 Å². The zero-order valence-electron chi connectivity index (χ0n) is 20.3. The number of nitrogens with one attached hydrogen (secondary N) is 1. The quantitative estimate of drug-likeness (QED) is 0.516. The number of carbonyl (C=O) groups is 2. The number of rotatable bonds is 8. The van der Waals surface area contributed by atoms with Crippen LogP contribution in [0.15, 0.2) is 48.5 Å². The van der Waals surface area contributed by atoms with Gasteiger partial charge in [0.25, 0.3) is 0 Å². The maximum atomic E-state index is 14.0. The van der Waals surface area contributed by atoms with Gasteiger partial charge in [-0.1, -0.05) is 48.7 Å². The van der Waals surface area contributed by atoms with E-state index in [9.17, 15) is 14.0 Å². The summed E-state index contributed by atoms with van der Waals surface area (Å²) in [6.45, 7) is 1.05. The molecule has 1 saturated heterocycles. The van der Waals surface area contributed by atoms with Crippen LogP contribution in [0.1, 0.15) is 56.6 Å². The van der Waals surface area contributed by atoms with Crippen LogP contribution in [0, 0.1) is 5.82 Å². The molecule has 2 amide bonds. The molecule has 8 nitrogen and oxygen atoms in total. The number of amides is 2. The molecule has 2 fully saturated rings. The van der Waals surface area contributed by atoms with Crippen molar-refractivity contribution >= 4 is 22.8 Å². The second-order valence-corrected chi connectivity index (χ2v) is 9.66. The molecular weight excluding hydrogens is 461 g/mol. The Balaban J connectivity index is 1.47. The maximum absolute atomic E-state index is 14.0. The van der Waals surface area contributed by atoms with Crippen molar-refractivity contribution in [3.05, 3.63) is 59.9 Å². The second-order valence-electron chi connectivity index (χ2n) is 9.66. The monoisotopic (exact) mass is 493 g/mol. The summed E-state index contributed by atoms with van der Waals surface area (Å²) < 4.78 is 21.1. The second kappa shape index (κ2) is 11.2. The molecule has 5 rings (SSSR count). The van der Waals surface area contributed by atoms with Crippen LogP contribution in [0.5, 0.6) is 0 Å². The van der Waals surface area contributed by atoms with Crippen LogP contribution in [0.25, 0.3) is 11.0 Å². The first-order chi connectivity index (χ1) is 17.6. The Morgan fingerprint density at radius 2 is 1.83 bits per heavy atom. The first-order valence-electron chi connectivity index (χ1n) is 12.8. The number of benzene rings is 2. The van der Waals surface area contributed by atoms with Crippen molar-refractivity contribution in [2.45, 2.75) is 69.7 Å². The van der Waals surface area contributed by atoms with E-state index in [-0.39, 0.29) is 36.3 Å². The summed E-state index contributed by atoms with van der Waals surface area (Å²) >= 11 is 0. The SMILES string of the molecule is O=C(NC[C@H]1CCCO1)[C@@H](c1ccc(F)cc1)N(C(=O)Cn1nnc2ccccc21)C1CCCCC1. The Bertz CT molecular complexity index is 1190. The molecule has 2 heterocycles.